The summed E-state index contributed by atoms with van der Waals surface area (Å²) in [4.78, 5) is 9.17. The first-order valence-corrected chi connectivity index (χ1v) is 30.7. The summed E-state index contributed by atoms with van der Waals surface area (Å²) in [6.45, 7) is 23.6. The Morgan fingerprint density at radius 2 is 0.960 bits per heavy atom. The van der Waals surface area contributed by atoms with Crippen molar-refractivity contribution in [2.45, 2.75) is 91.9 Å². The molecular formula is C42H54Cl2N2Si3Zr-2. The standard InChI is InChI=1S/2C20H24NSi.C2H6Si.2ClH.Zr/c2*1-5-8-15-11-16-13-17(22(2,3)4)14-18(16)19(12-15)20-9-6-7-10-21-20;1-3-2;;;/h2*6-7,9-14H,5,8H2,1-4H3;1-2H3;2*1H;/q2*-1;;;;+2/p-2. The minimum absolute atomic E-state index is 0. The van der Waals surface area contributed by atoms with E-state index in [2.05, 4.69) is 149 Å². The first-order chi connectivity index (χ1) is 22.7. The maximum atomic E-state index is 4.58. The number of benzene rings is 2. The number of pyridine rings is 2. The summed E-state index contributed by atoms with van der Waals surface area (Å²) in [6.07, 6.45) is 8.38. The molecule has 6 rings (SSSR count). The first-order valence-electron chi connectivity index (χ1n) is 17.5. The van der Waals surface area contributed by atoms with Gasteiger partial charge in [0.15, 0.2) is 0 Å². The second-order valence-electron chi connectivity index (χ2n) is 15.2. The van der Waals surface area contributed by atoms with Crippen molar-refractivity contribution in [3.05, 3.63) is 108 Å². The number of nitrogens with zero attached hydrogens (tertiary/aromatic N) is 2. The van der Waals surface area contributed by atoms with E-state index in [0.717, 1.165) is 24.2 Å². The molecule has 0 saturated carbocycles. The summed E-state index contributed by atoms with van der Waals surface area (Å²) in [6, 6.07) is 31.4. The molecule has 0 amide bonds. The van der Waals surface area contributed by atoms with Crippen molar-refractivity contribution in [3.8, 4) is 22.5 Å². The van der Waals surface area contributed by atoms with Gasteiger partial charge in [-0.3, -0.25) is 9.97 Å². The van der Waals surface area contributed by atoms with E-state index in [0.29, 0.717) is 0 Å². The van der Waals surface area contributed by atoms with Crippen LogP contribution in [0.15, 0.2) is 97.3 Å². The minimum Gasteiger partial charge on any atom is -1.00 e. The third-order valence-electron chi connectivity index (χ3n) is 8.46. The smallest absolute Gasteiger partial charge is 1.00 e. The fraction of sp³-hybridized carbons (Fsp3) is 0.333. The molecule has 0 bridgehead atoms. The zero-order chi connectivity index (χ0) is 35.1. The summed E-state index contributed by atoms with van der Waals surface area (Å²) in [5, 5.41) is 8.54. The summed E-state index contributed by atoms with van der Waals surface area (Å²) in [5.74, 6) is 0. The van der Waals surface area contributed by atoms with Gasteiger partial charge >= 0.3 is 41.9 Å². The monoisotopic (exact) mass is 830 g/mol. The average molecular weight is 833 g/mol. The molecule has 0 unspecified atom stereocenters. The zero-order valence-electron chi connectivity index (χ0n) is 31.7. The van der Waals surface area contributed by atoms with E-state index >= 15 is 0 Å². The number of hydrogen-bond acceptors (Lipinski definition) is 2. The van der Waals surface area contributed by atoms with Crippen molar-refractivity contribution >= 4 is 53.5 Å². The Balaban J connectivity index is 0.000000303. The van der Waals surface area contributed by atoms with Crippen LogP contribution in [0.4, 0.5) is 0 Å². The summed E-state index contributed by atoms with van der Waals surface area (Å²) >= 11 is 1.74. The van der Waals surface area contributed by atoms with Gasteiger partial charge in [-0.25, -0.2) is 0 Å². The Hall–Kier alpha value is -1.93. The van der Waals surface area contributed by atoms with Crippen LogP contribution >= 0.6 is 0 Å². The van der Waals surface area contributed by atoms with E-state index in [4.69, 9.17) is 0 Å². The molecule has 2 heterocycles. The maximum Gasteiger partial charge on any atom is -1.00 e. The van der Waals surface area contributed by atoms with Crippen LogP contribution in [0.1, 0.15) is 37.8 Å². The number of halogens is 2. The van der Waals surface area contributed by atoms with Gasteiger partial charge < -0.3 is 24.8 Å². The number of rotatable bonds is 8. The molecule has 0 N–H and O–H groups in total. The molecule has 0 aliphatic rings. The second kappa shape index (κ2) is 19.8. The van der Waals surface area contributed by atoms with Gasteiger partial charge in [-0.15, -0.1) is 56.2 Å². The molecule has 2 aromatic heterocycles. The molecule has 0 fully saturated rings. The fourth-order valence-corrected chi connectivity index (χ4v) is 8.30. The molecule has 6 aromatic rings. The van der Waals surface area contributed by atoms with Gasteiger partial charge in [0.05, 0.1) is 27.5 Å². The molecule has 0 atom stereocenters. The van der Waals surface area contributed by atoms with Gasteiger partial charge in [-0.05, 0) is 48.2 Å². The Labute approximate surface area is 331 Å². The fourth-order valence-electron chi connectivity index (χ4n) is 5.97. The Kier molecular flexibility index (Phi) is 17.5. The molecule has 0 saturated heterocycles. The van der Waals surface area contributed by atoms with Crippen molar-refractivity contribution in [1.29, 1.82) is 0 Å². The van der Waals surface area contributed by atoms with Crippen molar-refractivity contribution in [2.75, 3.05) is 0 Å². The van der Waals surface area contributed by atoms with Gasteiger partial charge in [-0.2, -0.15) is 12.1 Å². The molecule has 0 aliphatic carbocycles. The number of hydrogen-bond donors (Lipinski definition) is 0. The molecule has 0 spiro atoms. The number of fused-ring (bicyclic) bond motifs is 2. The summed E-state index contributed by atoms with van der Waals surface area (Å²) < 4.78 is 0. The van der Waals surface area contributed by atoms with Crippen molar-refractivity contribution in [1.82, 2.24) is 9.97 Å². The number of aryl methyl sites for hydroxylation is 2. The minimum atomic E-state index is -1.30. The molecule has 0 aliphatic heterocycles. The van der Waals surface area contributed by atoms with E-state index in [1.165, 1.54) is 67.0 Å². The van der Waals surface area contributed by atoms with Gasteiger partial charge in [0.2, 0.25) is 0 Å². The van der Waals surface area contributed by atoms with Crippen LogP contribution in [0, 0.1) is 0 Å². The van der Waals surface area contributed by atoms with Crippen molar-refractivity contribution < 1.29 is 48.1 Å². The summed E-state index contributed by atoms with van der Waals surface area (Å²) in [5.41, 5.74) is 7.78. The Morgan fingerprint density at radius 3 is 1.24 bits per heavy atom. The normalized spacial score (nSPS) is 11.1. The van der Waals surface area contributed by atoms with Crippen molar-refractivity contribution in [3.63, 3.8) is 0 Å². The van der Waals surface area contributed by atoms with Gasteiger partial charge in [0.25, 0.3) is 0 Å². The summed E-state index contributed by atoms with van der Waals surface area (Å²) in [7, 11) is -2.59. The first kappa shape index (κ1) is 44.2. The van der Waals surface area contributed by atoms with Crippen LogP contribution in [0.3, 0.4) is 0 Å². The van der Waals surface area contributed by atoms with E-state index in [-0.39, 0.29) is 30.2 Å². The van der Waals surface area contributed by atoms with E-state index < -0.39 is 16.1 Å². The van der Waals surface area contributed by atoms with Crippen molar-refractivity contribution in [2.24, 2.45) is 0 Å². The number of aromatic nitrogens is 2. The quantitative estimate of drug-likeness (QED) is 0.159. The third kappa shape index (κ3) is 12.1. The van der Waals surface area contributed by atoms with Gasteiger partial charge in [0.1, 0.15) is 0 Å². The Morgan fingerprint density at radius 1 is 0.600 bits per heavy atom. The predicted molar refractivity (Wildman–Crippen MR) is 217 cm³/mol. The van der Waals surface area contributed by atoms with Gasteiger partial charge in [-0.1, -0.05) is 101 Å². The molecule has 2 nitrogen and oxygen atoms in total. The molecule has 4 aromatic carbocycles. The van der Waals surface area contributed by atoms with Crippen LogP contribution in [-0.4, -0.2) is 31.5 Å². The average Bonchev–Trinajstić information content (AvgIpc) is 3.67. The molecule has 50 heavy (non-hydrogen) atoms. The van der Waals surface area contributed by atoms with E-state index in [9.17, 15) is 0 Å². The maximum absolute atomic E-state index is 4.58. The second-order valence-corrected chi connectivity index (χ2v) is 34.7. The van der Waals surface area contributed by atoms with Crippen LogP contribution in [0.2, 0.25) is 52.4 Å². The topological polar surface area (TPSA) is 25.8 Å². The molecule has 0 radical (unpaired) electrons. The molecule has 264 valence electrons. The Bertz CT molecular complexity index is 1810. The largest absolute Gasteiger partial charge is 1.00 e. The van der Waals surface area contributed by atoms with Crippen LogP contribution in [-0.2, 0) is 36.2 Å². The van der Waals surface area contributed by atoms with Crippen LogP contribution < -0.4 is 35.2 Å². The van der Waals surface area contributed by atoms with Gasteiger partial charge in [0, 0.05) is 12.4 Å². The molecular weight excluding hydrogens is 779 g/mol. The van der Waals surface area contributed by atoms with Crippen LogP contribution in [0.25, 0.3) is 44.1 Å². The van der Waals surface area contributed by atoms with E-state index in [1.807, 2.05) is 24.5 Å². The molecule has 8 heteroatoms. The van der Waals surface area contributed by atoms with E-state index in [1.54, 1.807) is 23.3 Å². The third-order valence-corrected chi connectivity index (χ3v) is 12.5. The van der Waals surface area contributed by atoms with Crippen LogP contribution in [0.5, 0.6) is 0 Å². The zero-order valence-corrected chi connectivity index (χ0v) is 38.7. The predicted octanol–water partition coefficient (Wildman–Crippen LogP) is 5.03. The SMILES string of the molecule is CCCc1cc(-c2ccccn2)c2cc([Si](C)(C)C)[cH-]c2c1.CCCc1cc(-c2ccccn2)c2cc([Si](C)(C)C)[cH-]c2c1.C[Si](C)=[Zr+2].[Cl-].[Cl-].